The highest BCUT2D eigenvalue weighted by atomic mass is 16.5. The summed E-state index contributed by atoms with van der Waals surface area (Å²) in [4.78, 5) is 40.9. The Morgan fingerprint density at radius 1 is 1.31 bits per heavy atom. The van der Waals surface area contributed by atoms with Crippen LogP contribution < -0.4 is 4.74 Å². The molecule has 7 heteroatoms. The number of amides is 1. The minimum Gasteiger partial charge on any atom is -0.496 e. The molecule has 0 aromatic heterocycles. The highest BCUT2D eigenvalue weighted by molar-refractivity contribution is 5.94. The van der Waals surface area contributed by atoms with Crippen molar-refractivity contribution in [1.82, 2.24) is 9.80 Å². The van der Waals surface area contributed by atoms with E-state index in [0.717, 1.165) is 11.8 Å². The highest BCUT2D eigenvalue weighted by Gasteiger charge is 2.57. The van der Waals surface area contributed by atoms with Gasteiger partial charge in [-0.25, -0.2) is 0 Å². The zero-order valence-corrected chi connectivity index (χ0v) is 14.8. The predicted octanol–water partition coefficient (Wildman–Crippen LogP) is 0.994. The molecule has 1 amide bonds. The summed E-state index contributed by atoms with van der Waals surface area (Å²) in [6.45, 7) is 0. The van der Waals surface area contributed by atoms with Gasteiger partial charge < -0.3 is 14.3 Å². The fraction of sp³-hybridized carbons (Fsp3) is 0.421. The highest BCUT2D eigenvalue weighted by Crippen LogP contribution is 2.48. The third kappa shape index (κ3) is 2.07. The Labute approximate surface area is 151 Å². The van der Waals surface area contributed by atoms with Crippen LogP contribution in [0.5, 0.6) is 5.75 Å². The van der Waals surface area contributed by atoms with Crippen LogP contribution in [0, 0.1) is 5.92 Å². The molecule has 0 saturated carbocycles. The molecular formula is C19H20N2O5. The van der Waals surface area contributed by atoms with Crippen molar-refractivity contribution >= 4 is 24.2 Å². The Balaban J connectivity index is 1.92. The Morgan fingerprint density at radius 3 is 2.73 bits per heavy atom. The van der Waals surface area contributed by atoms with Crippen molar-refractivity contribution in [2.24, 2.45) is 5.92 Å². The second-order valence-electron chi connectivity index (χ2n) is 6.81. The van der Waals surface area contributed by atoms with Crippen LogP contribution in [0.15, 0.2) is 23.9 Å². The maximum absolute atomic E-state index is 13.2. The van der Waals surface area contributed by atoms with Crippen molar-refractivity contribution in [3.05, 3.63) is 35.0 Å². The third-order valence-electron chi connectivity index (χ3n) is 5.72. The lowest BCUT2D eigenvalue weighted by atomic mass is 9.88. The molecule has 0 unspecified atom stereocenters. The van der Waals surface area contributed by atoms with Gasteiger partial charge in [-0.15, -0.1) is 0 Å². The summed E-state index contributed by atoms with van der Waals surface area (Å²) in [5.41, 5.74) is 2.17. The standard InChI is InChI=1S/C19H20N2O5/c1-20-13-8-11(19(24)26-3)17(20)12-7-10-5-4-6-15(25-2)16(10)14(9-22)21(12)18(13)23/h4-7,9,11,13-14,17H,8H2,1-3H3/t11-,13+,14+,17-/m1/s1. The largest absolute Gasteiger partial charge is 0.496 e. The molecule has 0 radical (unpaired) electrons. The summed E-state index contributed by atoms with van der Waals surface area (Å²) in [5.74, 6) is -0.373. The lowest BCUT2D eigenvalue weighted by molar-refractivity contribution is -0.147. The van der Waals surface area contributed by atoms with Gasteiger partial charge in [-0.1, -0.05) is 12.1 Å². The topological polar surface area (TPSA) is 76.1 Å². The molecule has 2 saturated heterocycles. The van der Waals surface area contributed by atoms with Gasteiger partial charge in [0.05, 0.1) is 32.2 Å². The van der Waals surface area contributed by atoms with E-state index in [0.29, 0.717) is 23.4 Å². The summed E-state index contributed by atoms with van der Waals surface area (Å²) in [7, 11) is 4.73. The van der Waals surface area contributed by atoms with E-state index in [2.05, 4.69) is 0 Å². The Bertz CT molecular complexity index is 833. The molecule has 4 rings (SSSR count). The first kappa shape index (κ1) is 16.8. The summed E-state index contributed by atoms with van der Waals surface area (Å²) < 4.78 is 10.4. The smallest absolute Gasteiger partial charge is 0.310 e. The van der Waals surface area contributed by atoms with Crippen LogP contribution in [-0.2, 0) is 19.1 Å². The number of likely N-dealkylation sites (N-methyl/N-ethyl adjacent to an activating group) is 1. The molecule has 3 heterocycles. The quantitative estimate of drug-likeness (QED) is 0.594. The van der Waals surface area contributed by atoms with Crippen molar-refractivity contribution in [1.29, 1.82) is 0 Å². The molecule has 1 aromatic rings. The van der Waals surface area contributed by atoms with Gasteiger partial charge in [0.15, 0.2) is 0 Å². The zero-order chi connectivity index (χ0) is 18.6. The number of piperazine rings is 1. The number of ether oxygens (including phenoxy) is 2. The van der Waals surface area contributed by atoms with Gasteiger partial charge in [-0.3, -0.25) is 19.4 Å². The predicted molar refractivity (Wildman–Crippen MR) is 92.1 cm³/mol. The molecule has 7 nitrogen and oxygen atoms in total. The average Bonchev–Trinajstić information content (AvgIpc) is 2.94. The molecule has 0 N–H and O–H groups in total. The van der Waals surface area contributed by atoms with Crippen LogP contribution in [0.4, 0.5) is 0 Å². The zero-order valence-electron chi connectivity index (χ0n) is 14.8. The van der Waals surface area contributed by atoms with Gasteiger partial charge in [0.1, 0.15) is 18.1 Å². The number of benzene rings is 1. The summed E-state index contributed by atoms with van der Waals surface area (Å²) >= 11 is 0. The maximum Gasteiger partial charge on any atom is 0.310 e. The van der Waals surface area contributed by atoms with Crippen molar-refractivity contribution < 1.29 is 23.9 Å². The van der Waals surface area contributed by atoms with Crippen molar-refractivity contribution in [3.8, 4) is 5.75 Å². The lowest BCUT2D eigenvalue weighted by Gasteiger charge is -2.45. The first-order valence-corrected chi connectivity index (χ1v) is 8.50. The molecule has 26 heavy (non-hydrogen) atoms. The number of carbonyl (C=O) groups excluding carboxylic acids is 3. The first-order chi connectivity index (χ1) is 12.5. The second kappa shape index (κ2) is 5.95. The van der Waals surface area contributed by atoms with Gasteiger partial charge >= 0.3 is 5.97 Å². The van der Waals surface area contributed by atoms with Crippen LogP contribution >= 0.6 is 0 Å². The number of methoxy groups -OCH3 is 2. The number of nitrogens with zero attached hydrogens (tertiary/aromatic N) is 2. The van der Waals surface area contributed by atoms with Crippen molar-refractivity contribution in [2.75, 3.05) is 21.3 Å². The molecule has 0 aliphatic carbocycles. The number of hydrogen-bond acceptors (Lipinski definition) is 6. The Morgan fingerprint density at radius 2 is 2.08 bits per heavy atom. The number of hydrogen-bond donors (Lipinski definition) is 0. The van der Waals surface area contributed by atoms with E-state index in [1.54, 1.807) is 13.2 Å². The molecule has 3 aliphatic rings. The van der Waals surface area contributed by atoms with Gasteiger partial charge in [0.2, 0.25) is 5.91 Å². The van der Waals surface area contributed by atoms with E-state index in [-0.39, 0.29) is 17.9 Å². The Hall–Kier alpha value is -2.67. The first-order valence-electron chi connectivity index (χ1n) is 8.50. The van der Waals surface area contributed by atoms with Gasteiger partial charge in [-0.05, 0) is 31.2 Å². The monoisotopic (exact) mass is 356 g/mol. The fourth-order valence-electron chi connectivity index (χ4n) is 4.56. The Kier molecular flexibility index (Phi) is 3.84. The van der Waals surface area contributed by atoms with Crippen molar-refractivity contribution in [3.63, 3.8) is 0 Å². The van der Waals surface area contributed by atoms with E-state index in [1.807, 2.05) is 30.2 Å². The summed E-state index contributed by atoms with van der Waals surface area (Å²) in [6, 6.07) is 4.00. The molecule has 0 spiro atoms. The van der Waals surface area contributed by atoms with Crippen molar-refractivity contribution in [2.45, 2.75) is 24.5 Å². The van der Waals surface area contributed by atoms with E-state index < -0.39 is 18.0 Å². The van der Waals surface area contributed by atoms with Crippen LogP contribution in [0.2, 0.25) is 0 Å². The third-order valence-corrected chi connectivity index (χ3v) is 5.72. The molecule has 2 fully saturated rings. The van der Waals surface area contributed by atoms with E-state index in [1.165, 1.54) is 12.0 Å². The maximum atomic E-state index is 13.2. The minimum absolute atomic E-state index is 0.171. The SMILES string of the molecule is COC(=O)[C@@H]1C[C@H]2C(=O)N3C(=Cc4cccc(OC)c4[C@@H]3C=O)[C@@H]1N2C. The van der Waals surface area contributed by atoms with Crippen LogP contribution in [0.1, 0.15) is 23.6 Å². The van der Waals surface area contributed by atoms with Gasteiger partial charge in [-0.2, -0.15) is 0 Å². The van der Waals surface area contributed by atoms with Crippen LogP contribution in [0.25, 0.3) is 6.08 Å². The van der Waals surface area contributed by atoms with Crippen LogP contribution in [0.3, 0.4) is 0 Å². The van der Waals surface area contributed by atoms with E-state index >= 15 is 0 Å². The molecule has 3 aliphatic heterocycles. The number of rotatable bonds is 3. The minimum atomic E-state index is -0.760. The lowest BCUT2D eigenvalue weighted by Crippen LogP contribution is -2.57. The average molecular weight is 356 g/mol. The molecule has 2 bridgehead atoms. The number of esters is 1. The molecule has 4 atom stereocenters. The summed E-state index contributed by atoms with van der Waals surface area (Å²) in [6.07, 6.45) is 3.04. The number of aldehydes is 1. The molecular weight excluding hydrogens is 336 g/mol. The normalized spacial score (nSPS) is 29.6. The van der Waals surface area contributed by atoms with E-state index in [9.17, 15) is 14.4 Å². The second-order valence-corrected chi connectivity index (χ2v) is 6.81. The van der Waals surface area contributed by atoms with Gasteiger partial charge in [0.25, 0.3) is 0 Å². The van der Waals surface area contributed by atoms with E-state index in [4.69, 9.17) is 9.47 Å². The van der Waals surface area contributed by atoms with Gasteiger partial charge in [0, 0.05) is 11.3 Å². The summed E-state index contributed by atoms with van der Waals surface area (Å²) in [5, 5.41) is 0. The molecule has 1 aromatic carbocycles. The number of fused-ring (bicyclic) bond motifs is 5. The number of carbonyl (C=O) groups is 3. The molecule has 136 valence electrons. The van der Waals surface area contributed by atoms with Crippen LogP contribution in [-0.4, -0.2) is 61.3 Å². The fourth-order valence-corrected chi connectivity index (χ4v) is 4.56.